The van der Waals surface area contributed by atoms with Gasteiger partial charge in [-0.05, 0) is 60.2 Å². The molecular weight excluding hydrogens is 326 g/mol. The van der Waals surface area contributed by atoms with E-state index in [4.69, 9.17) is 0 Å². The first-order chi connectivity index (χ1) is 10.2. The maximum atomic E-state index is 12.3. The maximum absolute atomic E-state index is 12.3. The highest BCUT2D eigenvalue weighted by Gasteiger charge is 2.12. The molecule has 21 heavy (non-hydrogen) atoms. The van der Waals surface area contributed by atoms with Gasteiger partial charge in [0, 0.05) is 16.6 Å². The van der Waals surface area contributed by atoms with Gasteiger partial charge in [0.15, 0.2) is 0 Å². The molecule has 1 unspecified atom stereocenters. The molecule has 1 aliphatic carbocycles. The number of benzene rings is 2. The van der Waals surface area contributed by atoms with Crippen molar-refractivity contribution in [3.05, 3.63) is 58.6 Å². The smallest absolute Gasteiger partial charge is 0.251 e. The Balaban J connectivity index is 1.69. The molecule has 2 aromatic carbocycles. The van der Waals surface area contributed by atoms with Crippen LogP contribution in [0.5, 0.6) is 0 Å². The Morgan fingerprint density at radius 3 is 2.76 bits per heavy atom. The average Bonchev–Trinajstić information content (AvgIpc) is 2.53. The number of hydrogen-bond acceptors (Lipinski definition) is 1. The topological polar surface area (TPSA) is 29.1 Å². The van der Waals surface area contributed by atoms with E-state index in [0.717, 1.165) is 40.2 Å². The second kappa shape index (κ2) is 6.44. The summed E-state index contributed by atoms with van der Waals surface area (Å²) in [5.41, 5.74) is 0.733. The first-order valence-corrected chi connectivity index (χ1v) is 8.14. The summed E-state index contributed by atoms with van der Waals surface area (Å²) in [7, 11) is 0. The second-order valence-electron chi connectivity index (χ2n) is 5.57. The predicted molar refractivity (Wildman–Crippen MR) is 90.5 cm³/mol. The molecule has 0 heterocycles. The second-order valence-corrected chi connectivity index (χ2v) is 6.48. The fourth-order valence-electron chi connectivity index (χ4n) is 2.74. The van der Waals surface area contributed by atoms with Gasteiger partial charge in [-0.3, -0.25) is 4.79 Å². The summed E-state index contributed by atoms with van der Waals surface area (Å²) in [6.07, 6.45) is 7.81. The lowest BCUT2D eigenvalue weighted by atomic mass is 9.94. The SMILES string of the molecule is O=C(NCC1CC=CCC1)c1ccc2cc(Br)ccc2c1. The van der Waals surface area contributed by atoms with Crippen molar-refractivity contribution in [3.8, 4) is 0 Å². The predicted octanol–water partition coefficient (Wildman–Crippen LogP) is 4.69. The van der Waals surface area contributed by atoms with Crippen LogP contribution in [-0.2, 0) is 0 Å². The summed E-state index contributed by atoms with van der Waals surface area (Å²) in [6.45, 7) is 0.765. The van der Waals surface area contributed by atoms with E-state index in [1.807, 2.05) is 30.3 Å². The molecule has 0 spiro atoms. The highest BCUT2D eigenvalue weighted by molar-refractivity contribution is 9.10. The number of nitrogens with one attached hydrogen (secondary N) is 1. The summed E-state index contributed by atoms with van der Waals surface area (Å²) < 4.78 is 1.05. The number of amides is 1. The number of halogens is 1. The quantitative estimate of drug-likeness (QED) is 0.805. The highest BCUT2D eigenvalue weighted by atomic mass is 79.9. The molecule has 0 aliphatic heterocycles. The molecule has 3 rings (SSSR count). The summed E-state index contributed by atoms with van der Waals surface area (Å²) in [5, 5.41) is 5.29. The Hall–Kier alpha value is -1.61. The minimum Gasteiger partial charge on any atom is -0.352 e. The fraction of sp³-hybridized carbons (Fsp3) is 0.278. The first kappa shape index (κ1) is 14.3. The Labute approximate surface area is 133 Å². The lowest BCUT2D eigenvalue weighted by Crippen LogP contribution is -2.29. The monoisotopic (exact) mass is 343 g/mol. The molecule has 1 atom stereocenters. The number of allylic oxidation sites excluding steroid dienone is 2. The van der Waals surface area contributed by atoms with Gasteiger partial charge in [-0.1, -0.05) is 40.2 Å². The number of fused-ring (bicyclic) bond motifs is 1. The number of carbonyl (C=O) groups is 1. The zero-order valence-corrected chi connectivity index (χ0v) is 13.4. The van der Waals surface area contributed by atoms with Crippen LogP contribution in [0.2, 0.25) is 0 Å². The van der Waals surface area contributed by atoms with E-state index < -0.39 is 0 Å². The van der Waals surface area contributed by atoms with E-state index in [-0.39, 0.29) is 5.91 Å². The van der Waals surface area contributed by atoms with E-state index >= 15 is 0 Å². The van der Waals surface area contributed by atoms with E-state index in [0.29, 0.717) is 5.92 Å². The number of carbonyl (C=O) groups excluding carboxylic acids is 1. The van der Waals surface area contributed by atoms with Crippen LogP contribution in [-0.4, -0.2) is 12.5 Å². The van der Waals surface area contributed by atoms with Crippen molar-refractivity contribution in [2.45, 2.75) is 19.3 Å². The van der Waals surface area contributed by atoms with Crippen LogP contribution in [0.4, 0.5) is 0 Å². The zero-order chi connectivity index (χ0) is 14.7. The van der Waals surface area contributed by atoms with Crippen LogP contribution < -0.4 is 5.32 Å². The van der Waals surface area contributed by atoms with Crippen LogP contribution in [0, 0.1) is 5.92 Å². The van der Waals surface area contributed by atoms with Gasteiger partial charge in [0.1, 0.15) is 0 Å². The van der Waals surface area contributed by atoms with Gasteiger partial charge >= 0.3 is 0 Å². The van der Waals surface area contributed by atoms with Gasteiger partial charge in [-0.15, -0.1) is 0 Å². The Morgan fingerprint density at radius 1 is 1.14 bits per heavy atom. The van der Waals surface area contributed by atoms with E-state index in [1.54, 1.807) is 0 Å². The third kappa shape index (κ3) is 3.53. The minimum atomic E-state index is 0.0226. The van der Waals surface area contributed by atoms with E-state index in [2.05, 4.69) is 39.5 Å². The van der Waals surface area contributed by atoms with Crippen LogP contribution >= 0.6 is 15.9 Å². The van der Waals surface area contributed by atoms with Crippen molar-refractivity contribution in [2.24, 2.45) is 5.92 Å². The number of hydrogen-bond donors (Lipinski definition) is 1. The summed E-state index contributed by atoms with van der Waals surface area (Å²) >= 11 is 3.46. The van der Waals surface area contributed by atoms with Gasteiger partial charge in [0.05, 0.1) is 0 Å². The van der Waals surface area contributed by atoms with Crippen molar-refractivity contribution in [1.82, 2.24) is 5.32 Å². The van der Waals surface area contributed by atoms with Crippen LogP contribution in [0.25, 0.3) is 10.8 Å². The molecule has 0 saturated carbocycles. The molecule has 0 radical (unpaired) electrons. The van der Waals surface area contributed by atoms with Crippen molar-refractivity contribution >= 4 is 32.6 Å². The standard InChI is InChI=1S/C18H18BrNO/c19-17-9-8-14-10-16(7-6-15(14)11-17)18(21)20-12-13-4-2-1-3-5-13/h1-2,6-11,13H,3-5,12H2,(H,20,21). The van der Waals surface area contributed by atoms with Crippen molar-refractivity contribution in [1.29, 1.82) is 0 Å². The summed E-state index contributed by atoms with van der Waals surface area (Å²) in [4.78, 5) is 12.3. The molecule has 3 heteroatoms. The molecule has 2 aromatic rings. The molecule has 1 aliphatic rings. The van der Waals surface area contributed by atoms with Crippen LogP contribution in [0.1, 0.15) is 29.6 Å². The molecule has 108 valence electrons. The Bertz CT molecular complexity index is 693. The van der Waals surface area contributed by atoms with Gasteiger partial charge in [0.25, 0.3) is 5.91 Å². The molecule has 0 fully saturated rings. The Kier molecular flexibility index (Phi) is 4.39. The zero-order valence-electron chi connectivity index (χ0n) is 11.8. The first-order valence-electron chi connectivity index (χ1n) is 7.35. The summed E-state index contributed by atoms with van der Waals surface area (Å²) in [5.74, 6) is 0.602. The average molecular weight is 344 g/mol. The molecule has 1 amide bonds. The maximum Gasteiger partial charge on any atom is 0.251 e. The van der Waals surface area contributed by atoms with Crippen molar-refractivity contribution < 1.29 is 4.79 Å². The Morgan fingerprint density at radius 2 is 1.95 bits per heavy atom. The molecule has 0 aromatic heterocycles. The van der Waals surface area contributed by atoms with Gasteiger partial charge in [-0.2, -0.15) is 0 Å². The lowest BCUT2D eigenvalue weighted by Gasteiger charge is -2.18. The molecular formula is C18H18BrNO. The minimum absolute atomic E-state index is 0.0226. The summed E-state index contributed by atoms with van der Waals surface area (Å²) in [6, 6.07) is 11.9. The molecule has 0 saturated heterocycles. The fourth-order valence-corrected chi connectivity index (χ4v) is 3.12. The third-order valence-corrected chi connectivity index (χ3v) is 4.49. The van der Waals surface area contributed by atoms with E-state index in [9.17, 15) is 4.79 Å². The normalized spacial score (nSPS) is 17.9. The van der Waals surface area contributed by atoms with Crippen LogP contribution in [0.15, 0.2) is 53.0 Å². The highest BCUT2D eigenvalue weighted by Crippen LogP contribution is 2.21. The van der Waals surface area contributed by atoms with Gasteiger partial charge in [-0.25, -0.2) is 0 Å². The molecule has 2 nitrogen and oxygen atoms in total. The molecule has 0 bridgehead atoms. The largest absolute Gasteiger partial charge is 0.352 e. The third-order valence-electron chi connectivity index (χ3n) is 3.99. The van der Waals surface area contributed by atoms with E-state index in [1.165, 1.54) is 6.42 Å². The van der Waals surface area contributed by atoms with Crippen molar-refractivity contribution in [2.75, 3.05) is 6.54 Å². The van der Waals surface area contributed by atoms with Crippen LogP contribution in [0.3, 0.4) is 0 Å². The van der Waals surface area contributed by atoms with Gasteiger partial charge in [0.2, 0.25) is 0 Å². The number of rotatable bonds is 3. The van der Waals surface area contributed by atoms with Crippen molar-refractivity contribution in [3.63, 3.8) is 0 Å². The van der Waals surface area contributed by atoms with Gasteiger partial charge < -0.3 is 5.32 Å². The molecule has 1 N–H and O–H groups in total. The lowest BCUT2D eigenvalue weighted by molar-refractivity contribution is 0.0946.